The molecule has 0 spiro atoms. The summed E-state index contributed by atoms with van der Waals surface area (Å²) >= 11 is 0. The Kier molecular flexibility index (Phi) is 3.65. The Morgan fingerprint density at radius 2 is 2.05 bits per heavy atom. The number of aryl methyl sites for hydroxylation is 1. The van der Waals surface area contributed by atoms with Crippen LogP contribution in [0.2, 0.25) is 0 Å². The Bertz CT molecular complexity index is 692. The van der Waals surface area contributed by atoms with Crippen molar-refractivity contribution >= 4 is 11.8 Å². The molecule has 0 saturated heterocycles. The number of nitrogen functional groups attached to an aromatic ring is 1. The number of aromatic amines is 1. The fraction of sp³-hybridized carbons (Fsp3) is 0.286. The van der Waals surface area contributed by atoms with Crippen LogP contribution in [-0.2, 0) is 0 Å². The second-order valence-corrected chi connectivity index (χ2v) is 4.75. The van der Waals surface area contributed by atoms with Gasteiger partial charge in [0.15, 0.2) is 0 Å². The smallest absolute Gasteiger partial charge is 0.262 e. The number of H-pyrrole nitrogens is 1. The highest BCUT2D eigenvalue weighted by Gasteiger charge is 2.16. The van der Waals surface area contributed by atoms with Crippen LogP contribution in [0.15, 0.2) is 23.0 Å². The first-order valence-electron chi connectivity index (χ1n) is 6.16. The van der Waals surface area contributed by atoms with Crippen LogP contribution in [0.25, 0.3) is 11.1 Å². The molecule has 2 aromatic rings. The van der Waals surface area contributed by atoms with E-state index in [-0.39, 0.29) is 11.4 Å². The molecule has 1 heterocycles. The fourth-order valence-electron chi connectivity index (χ4n) is 1.97. The van der Waals surface area contributed by atoms with Gasteiger partial charge in [0.1, 0.15) is 11.6 Å². The summed E-state index contributed by atoms with van der Waals surface area (Å²) in [6, 6.07) is 5.58. The van der Waals surface area contributed by atoms with Crippen molar-refractivity contribution in [2.24, 2.45) is 0 Å². The molecule has 0 aliphatic heterocycles. The minimum Gasteiger partial charge on any atom is -0.496 e. The van der Waals surface area contributed by atoms with Crippen LogP contribution in [0, 0.1) is 6.92 Å². The summed E-state index contributed by atoms with van der Waals surface area (Å²) in [7, 11) is 5.12. The lowest BCUT2D eigenvalue weighted by molar-refractivity contribution is 0.416. The average molecular weight is 274 g/mol. The third-order valence-electron chi connectivity index (χ3n) is 2.98. The molecule has 0 bridgehead atoms. The van der Waals surface area contributed by atoms with Crippen molar-refractivity contribution < 1.29 is 4.74 Å². The van der Waals surface area contributed by atoms with Crippen LogP contribution in [0.4, 0.5) is 11.8 Å². The number of anilines is 2. The molecule has 0 fully saturated rings. The zero-order valence-corrected chi connectivity index (χ0v) is 12.0. The van der Waals surface area contributed by atoms with Gasteiger partial charge in [-0.25, -0.2) is 0 Å². The lowest BCUT2D eigenvalue weighted by atomic mass is 10.0. The Labute approximate surface area is 117 Å². The average Bonchev–Trinajstić information content (AvgIpc) is 2.38. The number of ether oxygens (including phenoxy) is 1. The maximum Gasteiger partial charge on any atom is 0.262 e. The van der Waals surface area contributed by atoms with E-state index in [1.54, 1.807) is 26.1 Å². The number of nitrogens with zero attached hydrogens (tertiary/aromatic N) is 2. The van der Waals surface area contributed by atoms with E-state index in [1.807, 2.05) is 25.1 Å². The molecule has 6 nitrogen and oxygen atoms in total. The first kappa shape index (κ1) is 13.9. The molecule has 0 aliphatic carbocycles. The van der Waals surface area contributed by atoms with Crippen molar-refractivity contribution in [2.45, 2.75) is 6.92 Å². The molecule has 20 heavy (non-hydrogen) atoms. The number of aromatic nitrogens is 2. The van der Waals surface area contributed by atoms with Crippen LogP contribution < -0.4 is 20.9 Å². The van der Waals surface area contributed by atoms with Crippen LogP contribution in [0.3, 0.4) is 0 Å². The Morgan fingerprint density at radius 3 is 2.60 bits per heavy atom. The Morgan fingerprint density at radius 1 is 1.35 bits per heavy atom. The highest BCUT2D eigenvalue weighted by atomic mass is 16.5. The highest BCUT2D eigenvalue weighted by molar-refractivity contribution is 5.78. The molecule has 0 unspecified atom stereocenters. The van der Waals surface area contributed by atoms with E-state index in [0.717, 1.165) is 5.56 Å². The molecular weight excluding hydrogens is 256 g/mol. The second kappa shape index (κ2) is 5.24. The summed E-state index contributed by atoms with van der Waals surface area (Å²) in [4.78, 5) is 20.9. The third kappa shape index (κ3) is 2.45. The molecule has 0 saturated carbocycles. The van der Waals surface area contributed by atoms with Crippen LogP contribution in [-0.4, -0.2) is 31.2 Å². The van der Waals surface area contributed by atoms with Crippen molar-refractivity contribution in [1.82, 2.24) is 9.97 Å². The van der Waals surface area contributed by atoms with Crippen molar-refractivity contribution in [2.75, 3.05) is 31.8 Å². The molecule has 0 amide bonds. The van der Waals surface area contributed by atoms with Gasteiger partial charge in [-0.05, 0) is 19.1 Å². The quantitative estimate of drug-likeness (QED) is 0.884. The SMILES string of the molecule is COc1ccc(C)cc1-c1c(N)nc(N(C)C)[nH]c1=O. The van der Waals surface area contributed by atoms with Gasteiger partial charge in [-0.2, -0.15) is 4.98 Å². The first-order chi connectivity index (χ1) is 9.43. The minimum atomic E-state index is -0.287. The number of hydrogen-bond acceptors (Lipinski definition) is 5. The van der Waals surface area contributed by atoms with Gasteiger partial charge >= 0.3 is 0 Å². The summed E-state index contributed by atoms with van der Waals surface area (Å²) in [5, 5.41) is 0. The van der Waals surface area contributed by atoms with Gasteiger partial charge in [0, 0.05) is 19.7 Å². The van der Waals surface area contributed by atoms with Crippen molar-refractivity contribution in [3.63, 3.8) is 0 Å². The molecule has 3 N–H and O–H groups in total. The van der Waals surface area contributed by atoms with Gasteiger partial charge in [0.05, 0.1) is 12.7 Å². The summed E-state index contributed by atoms with van der Waals surface area (Å²) in [6.45, 7) is 1.94. The highest BCUT2D eigenvalue weighted by Crippen LogP contribution is 2.31. The van der Waals surface area contributed by atoms with E-state index >= 15 is 0 Å². The van der Waals surface area contributed by atoms with Gasteiger partial charge in [0.25, 0.3) is 5.56 Å². The molecule has 1 aromatic carbocycles. The van der Waals surface area contributed by atoms with E-state index < -0.39 is 0 Å². The lowest BCUT2D eigenvalue weighted by Gasteiger charge is -2.14. The van der Waals surface area contributed by atoms with Crippen molar-refractivity contribution in [3.8, 4) is 16.9 Å². The van der Waals surface area contributed by atoms with E-state index in [0.29, 0.717) is 22.8 Å². The monoisotopic (exact) mass is 274 g/mol. The molecule has 6 heteroatoms. The van der Waals surface area contributed by atoms with Gasteiger partial charge in [-0.3, -0.25) is 9.78 Å². The standard InChI is InChI=1S/C14H18N4O2/c1-8-5-6-10(20-4)9(7-8)11-12(15)16-14(18(2)3)17-13(11)19/h5-7H,1-4H3,(H3,15,16,17,19). The molecule has 0 atom stereocenters. The largest absolute Gasteiger partial charge is 0.496 e. The topological polar surface area (TPSA) is 84.2 Å². The number of benzene rings is 1. The summed E-state index contributed by atoms with van der Waals surface area (Å²) in [5.41, 5.74) is 7.65. The number of hydrogen-bond donors (Lipinski definition) is 2. The van der Waals surface area contributed by atoms with Gasteiger partial charge in [-0.1, -0.05) is 11.6 Å². The summed E-state index contributed by atoms with van der Waals surface area (Å²) in [6.07, 6.45) is 0. The zero-order valence-electron chi connectivity index (χ0n) is 12.0. The Balaban J connectivity index is 2.71. The number of rotatable bonds is 3. The van der Waals surface area contributed by atoms with Gasteiger partial charge in [-0.15, -0.1) is 0 Å². The second-order valence-electron chi connectivity index (χ2n) is 4.75. The molecule has 2 rings (SSSR count). The van der Waals surface area contributed by atoms with Crippen LogP contribution in [0.1, 0.15) is 5.56 Å². The van der Waals surface area contributed by atoms with Gasteiger partial charge in [0.2, 0.25) is 5.95 Å². The maximum atomic E-state index is 12.3. The third-order valence-corrected chi connectivity index (χ3v) is 2.98. The minimum absolute atomic E-state index is 0.182. The summed E-state index contributed by atoms with van der Waals surface area (Å²) < 4.78 is 5.30. The van der Waals surface area contributed by atoms with Crippen LogP contribution >= 0.6 is 0 Å². The number of nitrogens with two attached hydrogens (primary N) is 1. The van der Waals surface area contributed by atoms with E-state index in [9.17, 15) is 4.79 Å². The Hall–Kier alpha value is -2.50. The number of methoxy groups -OCH3 is 1. The first-order valence-corrected chi connectivity index (χ1v) is 6.16. The van der Waals surface area contributed by atoms with Gasteiger partial charge < -0.3 is 15.4 Å². The molecule has 106 valence electrons. The molecule has 0 aliphatic rings. The van der Waals surface area contributed by atoms with E-state index in [2.05, 4.69) is 9.97 Å². The van der Waals surface area contributed by atoms with E-state index in [4.69, 9.17) is 10.5 Å². The summed E-state index contributed by atoms with van der Waals surface area (Å²) in [5.74, 6) is 1.19. The van der Waals surface area contributed by atoms with E-state index in [1.165, 1.54) is 0 Å². The maximum absolute atomic E-state index is 12.3. The fourth-order valence-corrected chi connectivity index (χ4v) is 1.97. The zero-order chi connectivity index (χ0) is 14.9. The van der Waals surface area contributed by atoms with Crippen molar-refractivity contribution in [1.29, 1.82) is 0 Å². The van der Waals surface area contributed by atoms with Crippen LogP contribution in [0.5, 0.6) is 5.75 Å². The predicted octanol–water partition coefficient (Wildman–Crippen LogP) is 1.40. The normalized spacial score (nSPS) is 10.4. The molecular formula is C14H18N4O2. The van der Waals surface area contributed by atoms with Crippen molar-refractivity contribution in [3.05, 3.63) is 34.1 Å². The predicted molar refractivity (Wildman–Crippen MR) is 80.3 cm³/mol. The molecule has 1 aromatic heterocycles. The number of nitrogens with one attached hydrogen (secondary N) is 1. The lowest BCUT2D eigenvalue weighted by Crippen LogP contribution is -2.21. The molecule has 0 radical (unpaired) electrons.